The second-order valence-electron chi connectivity index (χ2n) is 5.99. The first-order valence-corrected chi connectivity index (χ1v) is 8.29. The molecule has 2 aromatic rings. The molecule has 0 saturated carbocycles. The summed E-state index contributed by atoms with van der Waals surface area (Å²) in [7, 11) is 1.61. The van der Waals surface area contributed by atoms with Gasteiger partial charge in [-0.05, 0) is 41.8 Å². The molecule has 3 N–H and O–H groups in total. The number of methoxy groups -OCH3 is 1. The quantitative estimate of drug-likeness (QED) is 0.405. The minimum atomic E-state index is -0.472. The van der Waals surface area contributed by atoms with Crippen LogP contribution in [0.3, 0.4) is 0 Å². The zero-order chi connectivity index (χ0) is 19.2. The molecule has 2 unspecified atom stereocenters. The van der Waals surface area contributed by atoms with Gasteiger partial charge in [-0.25, -0.2) is 16.3 Å². The molecule has 2 aromatic carbocycles. The molecule has 0 radical (unpaired) electrons. The highest BCUT2D eigenvalue weighted by Gasteiger charge is 2.30. The van der Waals surface area contributed by atoms with Crippen molar-refractivity contribution < 1.29 is 14.5 Å². The number of hydrazone groups is 1. The van der Waals surface area contributed by atoms with Crippen molar-refractivity contribution in [3.05, 3.63) is 69.8 Å². The average molecular weight is 369 g/mol. The van der Waals surface area contributed by atoms with Crippen LogP contribution in [0, 0.1) is 10.1 Å². The van der Waals surface area contributed by atoms with Gasteiger partial charge >= 0.3 is 0 Å². The lowest BCUT2D eigenvalue weighted by Crippen LogP contribution is -2.41. The number of nitrogens with zero attached hydrogens (tertiary/aromatic N) is 2. The van der Waals surface area contributed by atoms with Crippen LogP contribution in [-0.2, 0) is 4.79 Å². The average Bonchev–Trinajstić information content (AvgIpc) is 3.19. The number of nitro benzene ring substituents is 1. The van der Waals surface area contributed by atoms with Crippen LogP contribution in [0.5, 0.6) is 5.75 Å². The van der Waals surface area contributed by atoms with Gasteiger partial charge in [0, 0.05) is 18.2 Å². The normalized spacial score (nSPS) is 19.1. The van der Waals surface area contributed by atoms with Crippen LogP contribution in [-0.4, -0.2) is 30.2 Å². The van der Waals surface area contributed by atoms with Crippen LogP contribution >= 0.6 is 0 Å². The number of hydrogen-bond acceptors (Lipinski definition) is 7. The monoisotopic (exact) mass is 369 g/mol. The van der Waals surface area contributed by atoms with Crippen LogP contribution in [0.4, 0.5) is 5.69 Å². The Morgan fingerprint density at radius 2 is 2.07 bits per heavy atom. The smallest absolute Gasteiger partial charge is 0.269 e. The maximum absolute atomic E-state index is 12.2. The van der Waals surface area contributed by atoms with Crippen LogP contribution in [0.25, 0.3) is 0 Å². The van der Waals surface area contributed by atoms with E-state index in [1.165, 1.54) is 18.3 Å². The number of non-ortho nitro benzene ring substituents is 1. The van der Waals surface area contributed by atoms with E-state index < -0.39 is 11.0 Å². The minimum Gasteiger partial charge on any atom is -0.497 e. The van der Waals surface area contributed by atoms with Crippen molar-refractivity contribution in [2.75, 3.05) is 7.11 Å². The number of carbonyl (C=O) groups is 1. The van der Waals surface area contributed by atoms with E-state index >= 15 is 0 Å². The fraction of sp³-hybridized carbons (Fsp3) is 0.222. The molecule has 0 aromatic heterocycles. The fourth-order valence-electron chi connectivity index (χ4n) is 2.74. The van der Waals surface area contributed by atoms with Gasteiger partial charge in [-0.1, -0.05) is 12.1 Å². The molecule has 2 atom stereocenters. The molecule has 0 spiro atoms. The third-order valence-electron chi connectivity index (χ3n) is 4.21. The number of amides is 1. The summed E-state index contributed by atoms with van der Waals surface area (Å²) in [5, 5.41) is 14.5. The lowest BCUT2D eigenvalue weighted by Gasteiger charge is -2.10. The van der Waals surface area contributed by atoms with Gasteiger partial charge < -0.3 is 4.74 Å². The number of benzene rings is 2. The van der Waals surface area contributed by atoms with Crippen LogP contribution in [0.15, 0.2) is 53.6 Å². The maximum atomic E-state index is 12.2. The number of nitro groups is 1. The Kier molecular flexibility index (Phi) is 5.74. The summed E-state index contributed by atoms with van der Waals surface area (Å²) in [6, 6.07) is 13.1. The minimum absolute atomic E-state index is 0.000926. The van der Waals surface area contributed by atoms with E-state index in [-0.39, 0.29) is 17.6 Å². The van der Waals surface area contributed by atoms with E-state index in [9.17, 15) is 14.9 Å². The van der Waals surface area contributed by atoms with Crippen molar-refractivity contribution in [1.29, 1.82) is 0 Å². The van der Waals surface area contributed by atoms with E-state index in [4.69, 9.17) is 4.74 Å². The van der Waals surface area contributed by atoms with Crippen molar-refractivity contribution in [1.82, 2.24) is 16.3 Å². The number of carbonyl (C=O) groups excluding carboxylic acids is 1. The Morgan fingerprint density at radius 3 is 2.78 bits per heavy atom. The molecule has 1 fully saturated rings. The molecule has 9 heteroatoms. The second-order valence-corrected chi connectivity index (χ2v) is 5.99. The molecule has 1 aliphatic rings. The summed E-state index contributed by atoms with van der Waals surface area (Å²) in [5.74, 6) is 0.487. The third-order valence-corrected chi connectivity index (χ3v) is 4.21. The second kappa shape index (κ2) is 8.39. The van der Waals surface area contributed by atoms with Gasteiger partial charge in [-0.3, -0.25) is 14.9 Å². The molecular formula is C18H19N5O4. The van der Waals surface area contributed by atoms with E-state index in [0.717, 1.165) is 11.3 Å². The summed E-state index contributed by atoms with van der Waals surface area (Å²) in [6.07, 6.45) is 2.00. The Balaban J connectivity index is 1.53. The molecule has 1 heterocycles. The molecular weight excluding hydrogens is 350 g/mol. The first-order valence-electron chi connectivity index (χ1n) is 8.29. The van der Waals surface area contributed by atoms with E-state index in [1.807, 2.05) is 24.3 Å². The third kappa shape index (κ3) is 4.66. The van der Waals surface area contributed by atoms with Gasteiger partial charge in [-0.15, -0.1) is 0 Å². The summed E-state index contributed by atoms with van der Waals surface area (Å²) < 4.78 is 5.22. The molecule has 1 amide bonds. The molecule has 1 saturated heterocycles. The number of nitrogens with one attached hydrogen (secondary N) is 3. The predicted molar refractivity (Wildman–Crippen MR) is 99.2 cm³/mol. The van der Waals surface area contributed by atoms with Crippen LogP contribution in [0.1, 0.15) is 23.6 Å². The van der Waals surface area contributed by atoms with Crippen molar-refractivity contribution in [2.45, 2.75) is 18.5 Å². The number of hydrogen-bond donors (Lipinski definition) is 3. The Morgan fingerprint density at radius 1 is 1.30 bits per heavy atom. The molecule has 27 heavy (non-hydrogen) atoms. The topological polar surface area (TPSA) is 118 Å². The highest BCUT2D eigenvalue weighted by Crippen LogP contribution is 2.25. The summed E-state index contributed by atoms with van der Waals surface area (Å²) in [4.78, 5) is 22.4. The first-order chi connectivity index (χ1) is 13.1. The van der Waals surface area contributed by atoms with Gasteiger partial charge in [0.05, 0.1) is 18.2 Å². The summed E-state index contributed by atoms with van der Waals surface area (Å²) >= 11 is 0. The summed E-state index contributed by atoms with van der Waals surface area (Å²) in [6.45, 7) is 0. The highest BCUT2D eigenvalue weighted by atomic mass is 16.6. The molecule has 1 aliphatic heterocycles. The Labute approximate surface area is 155 Å². The maximum Gasteiger partial charge on any atom is 0.269 e. The molecule has 0 bridgehead atoms. The van der Waals surface area contributed by atoms with E-state index in [1.54, 1.807) is 19.2 Å². The van der Waals surface area contributed by atoms with E-state index in [2.05, 4.69) is 21.4 Å². The number of rotatable bonds is 6. The summed E-state index contributed by atoms with van der Waals surface area (Å²) in [5.41, 5.74) is 10.2. The highest BCUT2D eigenvalue weighted by molar-refractivity contribution is 5.85. The Bertz CT molecular complexity index is 853. The standard InChI is InChI=1S/C18H19N5O4/c1-27-15-4-2-3-13(9-15)16-10-17(21-20-16)18(24)22-19-11-12-5-7-14(8-6-12)23(25)26/h2-9,11,16-17,20-21H,10H2,1H3,(H,22,24)/b19-11+. The van der Waals surface area contributed by atoms with Gasteiger partial charge in [0.15, 0.2) is 0 Å². The molecule has 9 nitrogen and oxygen atoms in total. The molecule has 0 aliphatic carbocycles. The van der Waals surface area contributed by atoms with E-state index in [0.29, 0.717) is 12.0 Å². The van der Waals surface area contributed by atoms with Crippen molar-refractivity contribution in [3.63, 3.8) is 0 Å². The largest absolute Gasteiger partial charge is 0.497 e. The van der Waals surface area contributed by atoms with Crippen LogP contribution < -0.4 is 21.0 Å². The molecule has 140 valence electrons. The zero-order valence-corrected chi connectivity index (χ0v) is 14.6. The van der Waals surface area contributed by atoms with Crippen molar-refractivity contribution >= 4 is 17.8 Å². The van der Waals surface area contributed by atoms with Gasteiger partial charge in [0.2, 0.25) is 0 Å². The zero-order valence-electron chi connectivity index (χ0n) is 14.6. The van der Waals surface area contributed by atoms with Crippen molar-refractivity contribution in [2.24, 2.45) is 5.10 Å². The van der Waals surface area contributed by atoms with Gasteiger partial charge in [0.25, 0.3) is 11.6 Å². The first kappa shape index (κ1) is 18.5. The number of hydrazine groups is 1. The lowest BCUT2D eigenvalue weighted by atomic mass is 10.0. The predicted octanol–water partition coefficient (Wildman–Crippen LogP) is 1.66. The van der Waals surface area contributed by atoms with Crippen LogP contribution in [0.2, 0.25) is 0 Å². The SMILES string of the molecule is COc1cccc(C2CC(C(=O)N/N=C/c3ccc([N+](=O)[O-])cc3)NN2)c1. The van der Waals surface area contributed by atoms with Crippen molar-refractivity contribution in [3.8, 4) is 5.75 Å². The Hall–Kier alpha value is -3.30. The number of ether oxygens (including phenoxy) is 1. The fourth-order valence-corrected chi connectivity index (χ4v) is 2.74. The van der Waals surface area contributed by atoms with Gasteiger partial charge in [-0.2, -0.15) is 5.10 Å². The lowest BCUT2D eigenvalue weighted by molar-refractivity contribution is -0.384. The van der Waals surface area contributed by atoms with Gasteiger partial charge in [0.1, 0.15) is 11.8 Å². The molecule has 3 rings (SSSR count).